The van der Waals surface area contributed by atoms with E-state index in [1.54, 1.807) is 12.7 Å². The first kappa shape index (κ1) is 17.0. The largest absolute Gasteiger partial charge is 0.368 e. The lowest BCUT2D eigenvalue weighted by Gasteiger charge is -2.36. The van der Waals surface area contributed by atoms with Crippen LogP contribution in [0.2, 0.25) is 0 Å². The van der Waals surface area contributed by atoms with E-state index < -0.39 is 0 Å². The van der Waals surface area contributed by atoms with E-state index >= 15 is 0 Å². The second-order valence-electron chi connectivity index (χ2n) is 6.83. The number of anilines is 1. The third kappa shape index (κ3) is 3.16. The summed E-state index contributed by atoms with van der Waals surface area (Å²) in [5.74, 6) is 1.82. The van der Waals surface area contributed by atoms with Crippen LogP contribution >= 0.6 is 0 Å². The molecule has 1 atom stereocenters. The van der Waals surface area contributed by atoms with Gasteiger partial charge in [-0.15, -0.1) is 0 Å². The van der Waals surface area contributed by atoms with Crippen LogP contribution in [0.3, 0.4) is 0 Å². The third-order valence-electron chi connectivity index (χ3n) is 5.26. The van der Waals surface area contributed by atoms with Crippen molar-refractivity contribution in [2.24, 2.45) is 0 Å². The second-order valence-corrected chi connectivity index (χ2v) is 6.83. The predicted octanol–water partition coefficient (Wildman–Crippen LogP) is 1.11. The van der Waals surface area contributed by atoms with Crippen molar-refractivity contribution in [3.05, 3.63) is 30.1 Å². The Bertz CT molecular complexity index is 791. The van der Waals surface area contributed by atoms with E-state index in [-0.39, 0.29) is 12.0 Å². The summed E-state index contributed by atoms with van der Waals surface area (Å²) in [6, 6.07) is 1.98. The van der Waals surface area contributed by atoms with E-state index in [2.05, 4.69) is 19.9 Å². The summed E-state index contributed by atoms with van der Waals surface area (Å²) in [4.78, 5) is 29.7. The molecule has 2 aliphatic rings. The molecule has 2 aromatic rings. The molecule has 4 rings (SSSR count). The molecule has 0 aliphatic carbocycles. The molecule has 0 aromatic carbocycles. The monoisotopic (exact) mass is 356 g/mol. The van der Waals surface area contributed by atoms with Crippen LogP contribution in [-0.4, -0.2) is 69.2 Å². The van der Waals surface area contributed by atoms with E-state index in [0.717, 1.165) is 49.0 Å². The number of carbonyl (C=O) groups excluding carboxylic acids is 1. The molecule has 26 heavy (non-hydrogen) atoms. The van der Waals surface area contributed by atoms with Gasteiger partial charge in [0.2, 0.25) is 0 Å². The first-order valence-corrected chi connectivity index (χ1v) is 9.12. The van der Waals surface area contributed by atoms with Crippen LogP contribution < -0.4 is 4.90 Å². The SMILES string of the molecule is Cc1ncn(-c2cc(N3CCN(C(=O)C4CCCO4)CC3)ncn2)c1C. The van der Waals surface area contributed by atoms with E-state index in [9.17, 15) is 4.79 Å². The summed E-state index contributed by atoms with van der Waals surface area (Å²) in [5, 5.41) is 0. The molecule has 138 valence electrons. The lowest BCUT2D eigenvalue weighted by molar-refractivity contribution is -0.141. The molecular formula is C18H24N6O2. The third-order valence-corrected chi connectivity index (χ3v) is 5.26. The zero-order chi connectivity index (χ0) is 18.1. The lowest BCUT2D eigenvalue weighted by atomic mass is 10.2. The van der Waals surface area contributed by atoms with Crippen molar-refractivity contribution < 1.29 is 9.53 Å². The molecule has 0 bridgehead atoms. The molecule has 4 heterocycles. The Morgan fingerprint density at radius 2 is 1.88 bits per heavy atom. The molecule has 0 saturated carbocycles. The zero-order valence-corrected chi connectivity index (χ0v) is 15.3. The van der Waals surface area contributed by atoms with E-state index in [1.165, 1.54) is 0 Å². The normalized spacial score (nSPS) is 20.6. The van der Waals surface area contributed by atoms with Gasteiger partial charge in [-0.3, -0.25) is 9.36 Å². The number of amides is 1. The number of carbonyl (C=O) groups is 1. The van der Waals surface area contributed by atoms with Crippen LogP contribution in [-0.2, 0) is 9.53 Å². The molecule has 8 heteroatoms. The molecular weight excluding hydrogens is 332 g/mol. The predicted molar refractivity (Wildman–Crippen MR) is 96.4 cm³/mol. The average Bonchev–Trinajstić information content (AvgIpc) is 3.33. The minimum absolute atomic E-state index is 0.134. The molecule has 2 aromatic heterocycles. The van der Waals surface area contributed by atoms with Gasteiger partial charge in [-0.2, -0.15) is 0 Å². The standard InChI is InChI=1S/C18H24N6O2/c1-13-14(2)24(12-21-13)17-10-16(19-11-20-17)22-5-7-23(8-6-22)18(25)15-4-3-9-26-15/h10-12,15H,3-9H2,1-2H3. The van der Waals surface area contributed by atoms with Gasteiger partial charge < -0.3 is 14.5 Å². The summed E-state index contributed by atoms with van der Waals surface area (Å²) < 4.78 is 7.49. The Balaban J connectivity index is 1.44. The van der Waals surface area contributed by atoms with Crippen LogP contribution in [0.25, 0.3) is 5.82 Å². The topological polar surface area (TPSA) is 76.4 Å². The van der Waals surface area contributed by atoms with Gasteiger partial charge >= 0.3 is 0 Å². The number of aryl methyl sites for hydroxylation is 1. The van der Waals surface area contributed by atoms with Gasteiger partial charge in [-0.05, 0) is 26.7 Å². The average molecular weight is 356 g/mol. The summed E-state index contributed by atoms with van der Waals surface area (Å²) in [7, 11) is 0. The van der Waals surface area contributed by atoms with Gasteiger partial charge in [0.1, 0.15) is 30.4 Å². The highest BCUT2D eigenvalue weighted by molar-refractivity contribution is 5.81. The maximum atomic E-state index is 12.5. The number of hydrogen-bond acceptors (Lipinski definition) is 6. The van der Waals surface area contributed by atoms with Gasteiger partial charge in [0.05, 0.1) is 5.69 Å². The number of rotatable bonds is 3. The van der Waals surface area contributed by atoms with Crippen molar-refractivity contribution in [3.63, 3.8) is 0 Å². The fraction of sp³-hybridized carbons (Fsp3) is 0.556. The second kappa shape index (κ2) is 7.03. The van der Waals surface area contributed by atoms with Crippen LogP contribution in [0.4, 0.5) is 5.82 Å². The Morgan fingerprint density at radius 1 is 1.12 bits per heavy atom. The van der Waals surface area contributed by atoms with Gasteiger partial charge in [0, 0.05) is 44.5 Å². The van der Waals surface area contributed by atoms with Crippen LogP contribution in [0.5, 0.6) is 0 Å². The number of piperazine rings is 1. The van der Waals surface area contributed by atoms with E-state index in [0.29, 0.717) is 19.7 Å². The van der Waals surface area contributed by atoms with Crippen molar-refractivity contribution in [2.75, 3.05) is 37.7 Å². The summed E-state index contributed by atoms with van der Waals surface area (Å²) in [5.41, 5.74) is 2.06. The molecule has 1 amide bonds. The molecule has 2 fully saturated rings. The maximum Gasteiger partial charge on any atom is 0.251 e. The van der Waals surface area contributed by atoms with Crippen molar-refractivity contribution in [1.82, 2.24) is 24.4 Å². The van der Waals surface area contributed by atoms with E-state index in [4.69, 9.17) is 4.74 Å². The molecule has 1 unspecified atom stereocenters. The van der Waals surface area contributed by atoms with Crippen molar-refractivity contribution in [2.45, 2.75) is 32.8 Å². The maximum absolute atomic E-state index is 12.5. The van der Waals surface area contributed by atoms with Crippen molar-refractivity contribution in [3.8, 4) is 5.82 Å². The highest BCUT2D eigenvalue weighted by Gasteiger charge is 2.30. The van der Waals surface area contributed by atoms with Crippen molar-refractivity contribution >= 4 is 11.7 Å². The Hall–Kier alpha value is -2.48. The quantitative estimate of drug-likeness (QED) is 0.820. The molecule has 2 aliphatic heterocycles. The van der Waals surface area contributed by atoms with Crippen molar-refractivity contribution in [1.29, 1.82) is 0 Å². The van der Waals surface area contributed by atoms with Gasteiger partial charge in [-0.25, -0.2) is 15.0 Å². The first-order valence-electron chi connectivity index (χ1n) is 9.12. The van der Waals surface area contributed by atoms with Gasteiger partial charge in [0.25, 0.3) is 5.91 Å². The minimum Gasteiger partial charge on any atom is -0.368 e. The molecule has 0 radical (unpaired) electrons. The van der Waals surface area contributed by atoms with E-state index in [1.807, 2.05) is 29.4 Å². The molecule has 0 spiro atoms. The fourth-order valence-corrected chi connectivity index (χ4v) is 3.50. The summed E-state index contributed by atoms with van der Waals surface area (Å²) >= 11 is 0. The van der Waals surface area contributed by atoms with Crippen LogP contribution in [0.1, 0.15) is 24.2 Å². The van der Waals surface area contributed by atoms with Gasteiger partial charge in [0.15, 0.2) is 0 Å². The first-order chi connectivity index (χ1) is 12.6. The molecule has 2 saturated heterocycles. The number of imidazole rings is 1. The Kier molecular flexibility index (Phi) is 4.58. The lowest BCUT2D eigenvalue weighted by Crippen LogP contribution is -2.51. The van der Waals surface area contributed by atoms with Crippen LogP contribution in [0.15, 0.2) is 18.7 Å². The molecule has 0 N–H and O–H groups in total. The number of nitrogens with zero attached hydrogens (tertiary/aromatic N) is 6. The fourth-order valence-electron chi connectivity index (χ4n) is 3.50. The number of aromatic nitrogens is 4. The highest BCUT2D eigenvalue weighted by Crippen LogP contribution is 2.20. The Morgan fingerprint density at radius 3 is 2.54 bits per heavy atom. The smallest absolute Gasteiger partial charge is 0.251 e. The van der Waals surface area contributed by atoms with Gasteiger partial charge in [-0.1, -0.05) is 0 Å². The summed E-state index contributed by atoms with van der Waals surface area (Å²) in [6.07, 6.45) is 4.96. The number of ether oxygens (including phenoxy) is 1. The Labute approximate surface area is 152 Å². The zero-order valence-electron chi connectivity index (χ0n) is 15.3. The van der Waals surface area contributed by atoms with Crippen LogP contribution in [0, 0.1) is 13.8 Å². The molecule has 8 nitrogen and oxygen atoms in total. The minimum atomic E-state index is -0.236. The summed E-state index contributed by atoms with van der Waals surface area (Å²) in [6.45, 7) is 7.63. The highest BCUT2D eigenvalue weighted by atomic mass is 16.5. The number of hydrogen-bond donors (Lipinski definition) is 0.